The van der Waals surface area contributed by atoms with Crippen molar-refractivity contribution in [3.8, 4) is 11.8 Å². The molecule has 1 aliphatic rings. The van der Waals surface area contributed by atoms with Gasteiger partial charge in [-0.2, -0.15) is 0 Å². The fourth-order valence-electron chi connectivity index (χ4n) is 3.65. The number of nitrogens with one attached hydrogen (secondary N) is 1. The summed E-state index contributed by atoms with van der Waals surface area (Å²) < 4.78 is 4.71. The number of rotatable bonds is 4. The zero-order valence-corrected chi connectivity index (χ0v) is 21.4. The van der Waals surface area contributed by atoms with Crippen molar-refractivity contribution in [1.29, 1.82) is 0 Å². The van der Waals surface area contributed by atoms with Crippen LogP contribution >= 0.6 is 34.5 Å². The molecular formula is C24H27Cl2N3O3S. The SMILES string of the molecule is COC(=O)c1ccc(C#Cc2ccc(C(C)NC(=O)N(C)C3CCN(C)CC3)c(Cl)c2Cl)s1. The standard InChI is InChI=1S/C24H27Cl2N3O3S/c1-15(27-24(31)29(3)17-11-13-28(2)14-12-17)19-9-6-16(21(25)22(19)26)5-7-18-8-10-20(33-18)23(30)32-4/h6,8-10,15,17H,11-14H2,1-4H3,(H,27,31). The summed E-state index contributed by atoms with van der Waals surface area (Å²) in [6, 6.07) is 6.81. The molecule has 2 heterocycles. The highest BCUT2D eigenvalue weighted by molar-refractivity contribution is 7.14. The van der Waals surface area contributed by atoms with E-state index < -0.39 is 5.97 Å². The molecule has 1 N–H and O–H groups in total. The number of benzene rings is 1. The van der Waals surface area contributed by atoms with E-state index in [4.69, 9.17) is 27.9 Å². The highest BCUT2D eigenvalue weighted by atomic mass is 35.5. The highest BCUT2D eigenvalue weighted by Gasteiger charge is 2.25. The van der Waals surface area contributed by atoms with E-state index in [0.29, 0.717) is 25.4 Å². The van der Waals surface area contributed by atoms with E-state index >= 15 is 0 Å². The second kappa shape index (κ2) is 11.3. The molecule has 0 saturated carbocycles. The first-order chi connectivity index (χ1) is 15.7. The lowest BCUT2D eigenvalue weighted by Gasteiger charge is -2.35. The predicted octanol–water partition coefficient (Wildman–Crippen LogP) is 5.04. The number of nitrogens with zero attached hydrogens (tertiary/aromatic N) is 2. The van der Waals surface area contributed by atoms with Gasteiger partial charge in [0.1, 0.15) is 4.88 Å². The Hall–Kier alpha value is -2.24. The average molecular weight is 508 g/mol. The van der Waals surface area contributed by atoms with Gasteiger partial charge >= 0.3 is 12.0 Å². The molecule has 3 rings (SSSR count). The van der Waals surface area contributed by atoms with Crippen molar-refractivity contribution < 1.29 is 14.3 Å². The van der Waals surface area contributed by atoms with Gasteiger partial charge in [0.05, 0.1) is 28.1 Å². The second-order valence-electron chi connectivity index (χ2n) is 8.05. The Bertz CT molecular complexity index is 1080. The molecule has 0 bridgehead atoms. The first-order valence-corrected chi connectivity index (χ1v) is 12.2. The van der Waals surface area contributed by atoms with Crippen molar-refractivity contribution in [1.82, 2.24) is 15.1 Å². The molecule has 0 spiro atoms. The van der Waals surface area contributed by atoms with Gasteiger partial charge in [0.25, 0.3) is 0 Å². The van der Waals surface area contributed by atoms with Gasteiger partial charge < -0.3 is 19.9 Å². The van der Waals surface area contributed by atoms with Gasteiger partial charge in [-0.1, -0.05) is 41.1 Å². The summed E-state index contributed by atoms with van der Waals surface area (Å²) in [5.41, 5.74) is 1.29. The second-order valence-corrected chi connectivity index (χ2v) is 9.89. The van der Waals surface area contributed by atoms with Crippen LogP contribution in [0.25, 0.3) is 0 Å². The molecule has 1 saturated heterocycles. The Kier molecular flexibility index (Phi) is 8.66. The number of methoxy groups -OCH3 is 1. The van der Waals surface area contributed by atoms with Crippen molar-refractivity contribution in [2.75, 3.05) is 34.3 Å². The number of amides is 2. The third kappa shape index (κ3) is 6.21. The van der Waals surface area contributed by atoms with Crippen molar-refractivity contribution in [2.45, 2.75) is 31.8 Å². The lowest BCUT2D eigenvalue weighted by Crippen LogP contribution is -2.48. The summed E-state index contributed by atoms with van der Waals surface area (Å²) in [7, 11) is 5.27. The van der Waals surface area contributed by atoms with Crippen molar-refractivity contribution in [3.63, 3.8) is 0 Å². The molecule has 2 amide bonds. The van der Waals surface area contributed by atoms with Gasteiger partial charge in [-0.3, -0.25) is 0 Å². The van der Waals surface area contributed by atoms with Crippen LogP contribution in [0.4, 0.5) is 4.79 Å². The molecule has 2 aromatic rings. The first-order valence-electron chi connectivity index (χ1n) is 10.6. The number of hydrogen-bond acceptors (Lipinski definition) is 5. The minimum Gasteiger partial charge on any atom is -0.465 e. The third-order valence-corrected chi connectivity index (χ3v) is 7.67. The largest absolute Gasteiger partial charge is 0.465 e. The van der Waals surface area contributed by atoms with Crippen LogP contribution in [0.1, 0.15) is 51.5 Å². The fourth-order valence-corrected chi connectivity index (χ4v) is 4.98. The Morgan fingerprint density at radius 2 is 1.88 bits per heavy atom. The summed E-state index contributed by atoms with van der Waals surface area (Å²) in [5, 5.41) is 3.71. The summed E-state index contributed by atoms with van der Waals surface area (Å²) in [4.78, 5) is 29.6. The van der Waals surface area contributed by atoms with E-state index in [1.165, 1.54) is 18.4 Å². The zero-order valence-electron chi connectivity index (χ0n) is 19.1. The Morgan fingerprint density at radius 3 is 2.55 bits per heavy atom. The molecule has 1 fully saturated rings. The molecule has 0 aliphatic carbocycles. The monoisotopic (exact) mass is 507 g/mol. The first kappa shape index (κ1) is 25.4. The molecule has 176 valence electrons. The lowest BCUT2D eigenvalue weighted by atomic mass is 10.0. The average Bonchev–Trinajstić information content (AvgIpc) is 3.28. The fraction of sp³-hybridized carbons (Fsp3) is 0.417. The quantitative estimate of drug-likeness (QED) is 0.465. The van der Waals surface area contributed by atoms with Gasteiger partial charge in [-0.25, -0.2) is 9.59 Å². The molecular weight excluding hydrogens is 481 g/mol. The number of halogens is 2. The van der Waals surface area contributed by atoms with E-state index in [1.807, 2.05) is 20.0 Å². The van der Waals surface area contributed by atoms with Gasteiger partial charge in [0.2, 0.25) is 0 Å². The molecule has 1 atom stereocenters. The Morgan fingerprint density at radius 1 is 1.18 bits per heavy atom. The number of thiophene rings is 1. The van der Waals surface area contributed by atoms with E-state index in [2.05, 4.69) is 29.1 Å². The maximum absolute atomic E-state index is 12.8. The number of esters is 1. The number of carbonyl (C=O) groups is 2. The molecule has 0 radical (unpaired) electrons. The Balaban J connectivity index is 1.69. The molecule has 9 heteroatoms. The summed E-state index contributed by atoms with van der Waals surface area (Å²) in [6.07, 6.45) is 1.92. The summed E-state index contributed by atoms with van der Waals surface area (Å²) in [6.45, 7) is 3.85. The molecule has 33 heavy (non-hydrogen) atoms. The Labute approximate surface area is 208 Å². The molecule has 1 aliphatic heterocycles. The van der Waals surface area contributed by atoms with Crippen LogP contribution in [0.2, 0.25) is 10.0 Å². The normalized spacial score (nSPS) is 15.3. The van der Waals surface area contributed by atoms with Gasteiger partial charge in [-0.05, 0) is 63.7 Å². The van der Waals surface area contributed by atoms with Crippen LogP contribution in [0.3, 0.4) is 0 Å². The molecule has 6 nitrogen and oxygen atoms in total. The number of hydrogen-bond donors (Lipinski definition) is 1. The van der Waals surface area contributed by atoms with Crippen LogP contribution in [-0.4, -0.2) is 62.1 Å². The number of carbonyl (C=O) groups excluding carboxylic acids is 2. The van der Waals surface area contributed by atoms with Crippen LogP contribution in [0.15, 0.2) is 24.3 Å². The van der Waals surface area contributed by atoms with Crippen molar-refractivity contribution in [3.05, 3.63) is 55.2 Å². The molecule has 1 aromatic heterocycles. The minimum atomic E-state index is -0.393. The minimum absolute atomic E-state index is 0.132. The van der Waals surface area contributed by atoms with Crippen LogP contribution in [0, 0.1) is 11.8 Å². The summed E-state index contributed by atoms with van der Waals surface area (Å²) in [5.74, 6) is 5.61. The van der Waals surface area contributed by atoms with Crippen LogP contribution in [0.5, 0.6) is 0 Å². The van der Waals surface area contributed by atoms with Gasteiger partial charge in [-0.15, -0.1) is 11.3 Å². The maximum Gasteiger partial charge on any atom is 0.348 e. The van der Waals surface area contributed by atoms with Crippen molar-refractivity contribution >= 4 is 46.5 Å². The van der Waals surface area contributed by atoms with E-state index in [1.54, 1.807) is 23.1 Å². The topological polar surface area (TPSA) is 61.9 Å². The van der Waals surface area contributed by atoms with Crippen molar-refractivity contribution in [2.24, 2.45) is 0 Å². The number of likely N-dealkylation sites (tertiary alicyclic amines) is 1. The van der Waals surface area contributed by atoms with E-state index in [0.717, 1.165) is 31.5 Å². The van der Waals surface area contributed by atoms with Crippen LogP contribution < -0.4 is 5.32 Å². The van der Waals surface area contributed by atoms with Gasteiger partial charge in [0, 0.05) is 18.7 Å². The molecule has 1 aromatic carbocycles. The van der Waals surface area contributed by atoms with E-state index in [9.17, 15) is 9.59 Å². The predicted molar refractivity (Wildman–Crippen MR) is 133 cm³/mol. The number of piperidine rings is 1. The van der Waals surface area contributed by atoms with Crippen LogP contribution in [-0.2, 0) is 4.74 Å². The maximum atomic E-state index is 12.8. The number of urea groups is 1. The highest BCUT2D eigenvalue weighted by Crippen LogP contribution is 2.33. The lowest BCUT2D eigenvalue weighted by molar-refractivity contribution is 0.0606. The third-order valence-electron chi connectivity index (χ3n) is 5.79. The van der Waals surface area contributed by atoms with E-state index in [-0.39, 0.29) is 18.1 Å². The zero-order chi connectivity index (χ0) is 24.1. The summed E-state index contributed by atoms with van der Waals surface area (Å²) >= 11 is 14.3. The van der Waals surface area contributed by atoms with Gasteiger partial charge in [0.15, 0.2) is 0 Å². The molecule has 1 unspecified atom stereocenters. The smallest absolute Gasteiger partial charge is 0.348 e. The number of ether oxygens (including phenoxy) is 1.